The number of amides is 2. The van der Waals surface area contributed by atoms with Crippen LogP contribution in [0.5, 0.6) is 0 Å². The second-order valence-electron chi connectivity index (χ2n) is 11.8. The maximum Gasteiger partial charge on any atom is 0.417 e. The van der Waals surface area contributed by atoms with Crippen molar-refractivity contribution in [2.75, 3.05) is 13.6 Å². The molecule has 1 atom stereocenters. The third kappa shape index (κ3) is 6.70. The minimum Gasteiger partial charge on any atom is -0.353 e. The Labute approximate surface area is 233 Å². The third-order valence-electron chi connectivity index (χ3n) is 8.91. The summed E-state index contributed by atoms with van der Waals surface area (Å²) >= 11 is 0. The van der Waals surface area contributed by atoms with Crippen LogP contribution >= 0.6 is 0 Å². The van der Waals surface area contributed by atoms with Crippen molar-refractivity contribution in [3.8, 4) is 11.3 Å². The molecule has 5 rings (SSSR count). The average molecular weight is 560 g/mol. The Kier molecular flexibility index (Phi) is 8.83. The van der Waals surface area contributed by atoms with Gasteiger partial charge in [0, 0.05) is 36.7 Å². The summed E-state index contributed by atoms with van der Waals surface area (Å²) in [7, 11) is 2.07. The summed E-state index contributed by atoms with van der Waals surface area (Å²) in [5.74, 6) is -0.548. The van der Waals surface area contributed by atoms with Gasteiger partial charge in [0.2, 0.25) is 5.91 Å². The number of aromatic nitrogens is 2. The first kappa shape index (κ1) is 28.6. The molecule has 2 amide bonds. The normalized spacial score (nSPS) is 19.3. The Morgan fingerprint density at radius 3 is 2.38 bits per heavy atom. The molecule has 7 nitrogen and oxygen atoms in total. The SMILES string of the molecule is CN(CCC(CC(=O)NC1CCC1)NC(=O)c1cc(-c2ccccc2C(F)(F)F)n(C2CCCC2)n1)C1CCC1. The van der Waals surface area contributed by atoms with Crippen LogP contribution in [-0.2, 0) is 11.0 Å². The van der Waals surface area contributed by atoms with Crippen LogP contribution in [0.15, 0.2) is 30.3 Å². The number of nitrogens with one attached hydrogen (secondary N) is 2. The van der Waals surface area contributed by atoms with E-state index in [1.807, 2.05) is 0 Å². The molecule has 3 fully saturated rings. The highest BCUT2D eigenvalue weighted by Crippen LogP contribution is 2.40. The summed E-state index contributed by atoms with van der Waals surface area (Å²) in [6.07, 6.45) is 6.41. The zero-order valence-electron chi connectivity index (χ0n) is 23.2. The molecule has 218 valence electrons. The smallest absolute Gasteiger partial charge is 0.353 e. The number of alkyl halides is 3. The standard InChI is InChI=1S/C30H40F3N5O2/c1-37(22-12-7-13-22)17-16-21(18-28(39)34-20-8-6-9-20)35-29(40)26-19-27(38(36-26)23-10-2-3-11-23)24-14-4-5-15-25(24)30(31,32)33/h4-5,14-15,19-23H,2-3,6-13,16-18H2,1H3,(H,34,39)(H,35,40). The van der Waals surface area contributed by atoms with E-state index in [1.54, 1.807) is 10.7 Å². The van der Waals surface area contributed by atoms with Crippen LogP contribution < -0.4 is 10.6 Å². The van der Waals surface area contributed by atoms with Crippen LogP contribution in [0.4, 0.5) is 13.2 Å². The molecule has 0 aliphatic heterocycles. The Hall–Kier alpha value is -2.88. The molecule has 2 aromatic rings. The van der Waals surface area contributed by atoms with Crippen LogP contribution in [0.3, 0.4) is 0 Å². The average Bonchev–Trinajstić information content (AvgIpc) is 3.53. The summed E-state index contributed by atoms with van der Waals surface area (Å²) in [4.78, 5) is 28.6. The second-order valence-corrected chi connectivity index (χ2v) is 11.8. The molecule has 0 saturated heterocycles. The number of rotatable bonds is 11. The van der Waals surface area contributed by atoms with Gasteiger partial charge in [0.15, 0.2) is 5.69 Å². The topological polar surface area (TPSA) is 79.3 Å². The van der Waals surface area contributed by atoms with Gasteiger partial charge in [0.1, 0.15) is 0 Å². The number of halogens is 3. The number of benzene rings is 1. The van der Waals surface area contributed by atoms with Gasteiger partial charge in [-0.05, 0) is 70.5 Å². The molecule has 1 unspecified atom stereocenters. The van der Waals surface area contributed by atoms with Crippen LogP contribution in [0.25, 0.3) is 11.3 Å². The fraction of sp³-hybridized carbons (Fsp3) is 0.633. The van der Waals surface area contributed by atoms with E-state index in [4.69, 9.17) is 0 Å². The van der Waals surface area contributed by atoms with Gasteiger partial charge in [-0.15, -0.1) is 0 Å². The molecule has 3 saturated carbocycles. The van der Waals surface area contributed by atoms with Gasteiger partial charge >= 0.3 is 6.18 Å². The van der Waals surface area contributed by atoms with Gasteiger partial charge in [-0.25, -0.2) is 0 Å². The van der Waals surface area contributed by atoms with Gasteiger partial charge in [-0.2, -0.15) is 18.3 Å². The van der Waals surface area contributed by atoms with Crippen molar-refractivity contribution < 1.29 is 22.8 Å². The fourth-order valence-electron chi connectivity index (χ4n) is 6.00. The lowest BCUT2D eigenvalue weighted by molar-refractivity contribution is -0.137. The first-order valence-corrected chi connectivity index (χ1v) is 14.8. The molecule has 40 heavy (non-hydrogen) atoms. The highest BCUT2D eigenvalue weighted by atomic mass is 19.4. The van der Waals surface area contributed by atoms with Gasteiger partial charge < -0.3 is 15.5 Å². The third-order valence-corrected chi connectivity index (χ3v) is 8.91. The predicted octanol–water partition coefficient (Wildman–Crippen LogP) is 5.72. The van der Waals surface area contributed by atoms with Gasteiger partial charge in [-0.1, -0.05) is 37.5 Å². The van der Waals surface area contributed by atoms with Gasteiger partial charge in [0.25, 0.3) is 5.91 Å². The summed E-state index contributed by atoms with van der Waals surface area (Å²) in [5, 5.41) is 10.6. The number of hydrogen-bond acceptors (Lipinski definition) is 4. The molecule has 0 spiro atoms. The number of hydrogen-bond donors (Lipinski definition) is 2. The highest BCUT2D eigenvalue weighted by Gasteiger charge is 2.35. The summed E-state index contributed by atoms with van der Waals surface area (Å²) in [5.41, 5.74) is -0.345. The summed E-state index contributed by atoms with van der Waals surface area (Å²) in [6, 6.07) is 7.22. The molecule has 10 heteroatoms. The number of nitrogens with zero attached hydrogens (tertiary/aromatic N) is 3. The molecule has 2 N–H and O–H groups in total. The van der Waals surface area contributed by atoms with E-state index in [1.165, 1.54) is 24.6 Å². The van der Waals surface area contributed by atoms with E-state index in [9.17, 15) is 22.8 Å². The predicted molar refractivity (Wildman–Crippen MR) is 147 cm³/mol. The van der Waals surface area contributed by atoms with Gasteiger partial charge in [-0.3, -0.25) is 14.3 Å². The molecule has 3 aliphatic carbocycles. The van der Waals surface area contributed by atoms with Crippen LogP contribution in [0.1, 0.15) is 99.1 Å². The lowest BCUT2D eigenvalue weighted by Gasteiger charge is -2.35. The first-order chi connectivity index (χ1) is 19.2. The van der Waals surface area contributed by atoms with E-state index in [0.29, 0.717) is 18.2 Å². The monoisotopic (exact) mass is 559 g/mol. The minimum atomic E-state index is -4.53. The van der Waals surface area contributed by atoms with E-state index < -0.39 is 23.7 Å². The van der Waals surface area contributed by atoms with Crippen molar-refractivity contribution >= 4 is 11.8 Å². The molecular weight excluding hydrogens is 519 g/mol. The number of carbonyl (C=O) groups excluding carboxylic acids is 2. The molecule has 1 aromatic carbocycles. The Bertz CT molecular complexity index is 1180. The minimum absolute atomic E-state index is 0.0204. The fourth-order valence-corrected chi connectivity index (χ4v) is 6.00. The maximum absolute atomic E-state index is 13.9. The van der Waals surface area contributed by atoms with E-state index in [0.717, 1.165) is 70.4 Å². The van der Waals surface area contributed by atoms with E-state index in [2.05, 4.69) is 27.7 Å². The molecule has 1 heterocycles. The van der Waals surface area contributed by atoms with Crippen LogP contribution in [0, 0.1) is 0 Å². The largest absolute Gasteiger partial charge is 0.417 e. The lowest BCUT2D eigenvalue weighted by Crippen LogP contribution is -2.46. The van der Waals surface area contributed by atoms with Crippen LogP contribution in [0.2, 0.25) is 0 Å². The van der Waals surface area contributed by atoms with Crippen molar-refractivity contribution in [1.82, 2.24) is 25.3 Å². The molecule has 1 aromatic heterocycles. The molecule has 3 aliphatic rings. The quantitative estimate of drug-likeness (QED) is 0.369. The first-order valence-electron chi connectivity index (χ1n) is 14.8. The highest BCUT2D eigenvalue weighted by molar-refractivity contribution is 5.94. The molecular formula is C30H40F3N5O2. The van der Waals surface area contributed by atoms with Crippen molar-refractivity contribution in [2.45, 2.75) is 107 Å². The lowest BCUT2D eigenvalue weighted by atomic mass is 9.91. The summed E-state index contributed by atoms with van der Waals surface area (Å²) < 4.78 is 43.3. The zero-order valence-corrected chi connectivity index (χ0v) is 23.2. The van der Waals surface area contributed by atoms with Crippen molar-refractivity contribution in [3.63, 3.8) is 0 Å². The Morgan fingerprint density at radius 2 is 1.75 bits per heavy atom. The summed E-state index contributed by atoms with van der Waals surface area (Å²) in [6.45, 7) is 0.743. The number of carbonyl (C=O) groups is 2. The molecule has 0 bridgehead atoms. The van der Waals surface area contributed by atoms with Gasteiger partial charge in [0.05, 0.1) is 17.3 Å². The van der Waals surface area contributed by atoms with Crippen molar-refractivity contribution in [1.29, 1.82) is 0 Å². The van der Waals surface area contributed by atoms with Crippen molar-refractivity contribution in [2.24, 2.45) is 0 Å². The Balaban J connectivity index is 1.37. The Morgan fingerprint density at radius 1 is 1.05 bits per heavy atom. The van der Waals surface area contributed by atoms with Crippen molar-refractivity contribution in [3.05, 3.63) is 41.6 Å². The van der Waals surface area contributed by atoms with E-state index >= 15 is 0 Å². The van der Waals surface area contributed by atoms with E-state index in [-0.39, 0.29) is 35.7 Å². The second kappa shape index (κ2) is 12.3. The molecule has 0 radical (unpaired) electrons. The maximum atomic E-state index is 13.9. The van der Waals surface area contributed by atoms with Crippen LogP contribution in [-0.4, -0.2) is 58.2 Å². The zero-order chi connectivity index (χ0) is 28.3.